The van der Waals surface area contributed by atoms with Crippen molar-refractivity contribution in [3.8, 4) is 0 Å². The predicted octanol–water partition coefficient (Wildman–Crippen LogP) is 1.88. The molecule has 29 heavy (non-hydrogen) atoms. The van der Waals surface area contributed by atoms with Crippen LogP contribution in [-0.2, 0) is 11.3 Å². The van der Waals surface area contributed by atoms with E-state index in [1.807, 2.05) is 24.3 Å². The summed E-state index contributed by atoms with van der Waals surface area (Å²) in [6, 6.07) is 8.33. The number of hydrogen-bond donors (Lipinski definition) is 1. The van der Waals surface area contributed by atoms with Gasteiger partial charge in [0, 0.05) is 58.4 Å². The molecule has 2 aliphatic heterocycles. The van der Waals surface area contributed by atoms with Gasteiger partial charge in [-0.3, -0.25) is 9.69 Å². The average molecular weight is 515 g/mol. The zero-order chi connectivity index (χ0) is 19.9. The first kappa shape index (κ1) is 23.9. The van der Waals surface area contributed by atoms with Crippen LogP contribution in [0.1, 0.15) is 29.3 Å². The number of nitrogens with zero attached hydrogens (tertiary/aromatic N) is 4. The molecule has 1 unspecified atom stereocenters. The van der Waals surface area contributed by atoms with E-state index in [2.05, 4.69) is 22.0 Å². The Morgan fingerprint density at radius 1 is 1.21 bits per heavy atom. The number of carbonyl (C=O) groups is 1. The molecule has 0 spiro atoms. The molecule has 2 heterocycles. The lowest BCUT2D eigenvalue weighted by Gasteiger charge is -2.32. The quantitative estimate of drug-likeness (QED) is 0.369. The third-order valence-electron chi connectivity index (χ3n) is 5.38. The summed E-state index contributed by atoms with van der Waals surface area (Å²) in [5, 5.41) is 3.43. The van der Waals surface area contributed by atoms with Crippen molar-refractivity contribution in [2.45, 2.75) is 25.9 Å². The van der Waals surface area contributed by atoms with Crippen molar-refractivity contribution < 1.29 is 9.53 Å². The zero-order valence-electron chi connectivity index (χ0n) is 17.8. The molecule has 7 nitrogen and oxygen atoms in total. The van der Waals surface area contributed by atoms with E-state index in [-0.39, 0.29) is 29.9 Å². The van der Waals surface area contributed by atoms with Crippen molar-refractivity contribution in [1.82, 2.24) is 20.0 Å². The molecule has 0 saturated carbocycles. The molecule has 0 aliphatic carbocycles. The third-order valence-corrected chi connectivity index (χ3v) is 5.38. The Hall–Kier alpha value is -1.39. The zero-order valence-corrected chi connectivity index (χ0v) is 20.1. The van der Waals surface area contributed by atoms with Gasteiger partial charge in [0.05, 0.1) is 19.8 Å². The molecular weight excluding hydrogens is 481 g/mol. The van der Waals surface area contributed by atoms with E-state index in [1.165, 1.54) is 6.42 Å². The minimum absolute atomic E-state index is 0. The number of amides is 1. The van der Waals surface area contributed by atoms with Gasteiger partial charge in [-0.05, 0) is 31.0 Å². The fourth-order valence-corrected chi connectivity index (χ4v) is 3.78. The summed E-state index contributed by atoms with van der Waals surface area (Å²) < 4.78 is 5.48. The number of rotatable bonds is 5. The van der Waals surface area contributed by atoms with Gasteiger partial charge < -0.3 is 19.9 Å². The second kappa shape index (κ2) is 11.7. The number of morpholine rings is 1. The monoisotopic (exact) mass is 515 g/mol. The number of guanidine groups is 1. The van der Waals surface area contributed by atoms with Crippen molar-refractivity contribution in [2.75, 3.05) is 60.0 Å². The first-order chi connectivity index (χ1) is 13.6. The first-order valence-corrected chi connectivity index (χ1v) is 10.2. The first-order valence-electron chi connectivity index (χ1n) is 10.2. The lowest BCUT2D eigenvalue weighted by Crippen LogP contribution is -2.46. The minimum atomic E-state index is 0. The van der Waals surface area contributed by atoms with Crippen LogP contribution in [0.25, 0.3) is 0 Å². The van der Waals surface area contributed by atoms with Crippen LogP contribution < -0.4 is 5.32 Å². The van der Waals surface area contributed by atoms with Crippen LogP contribution in [0.4, 0.5) is 0 Å². The van der Waals surface area contributed by atoms with E-state index >= 15 is 0 Å². The SMILES string of the molecule is CCNC(=NCc1ccc(C(=O)N(C)C)cc1)N1CCC(N2CCOCC2)C1.I. The fraction of sp³-hybridized carbons (Fsp3) is 0.619. The summed E-state index contributed by atoms with van der Waals surface area (Å²) in [7, 11) is 3.53. The number of likely N-dealkylation sites (tertiary alicyclic amines) is 1. The molecule has 2 fully saturated rings. The Bertz CT molecular complexity index is 674. The van der Waals surface area contributed by atoms with E-state index in [1.54, 1.807) is 19.0 Å². The Balaban J connectivity index is 0.00000300. The molecule has 3 rings (SSSR count). The number of benzene rings is 1. The molecule has 1 aromatic rings. The molecule has 162 valence electrons. The van der Waals surface area contributed by atoms with Gasteiger partial charge in [0.15, 0.2) is 5.96 Å². The molecule has 1 aromatic carbocycles. The van der Waals surface area contributed by atoms with Gasteiger partial charge in [-0.15, -0.1) is 24.0 Å². The lowest BCUT2D eigenvalue weighted by atomic mass is 10.1. The maximum absolute atomic E-state index is 12.0. The maximum Gasteiger partial charge on any atom is 0.253 e. The molecule has 0 bridgehead atoms. The molecule has 8 heteroatoms. The normalized spacial score (nSPS) is 20.3. The van der Waals surface area contributed by atoms with Crippen molar-refractivity contribution in [2.24, 2.45) is 4.99 Å². The smallest absolute Gasteiger partial charge is 0.253 e. The summed E-state index contributed by atoms with van der Waals surface area (Å²) in [5.41, 5.74) is 1.81. The van der Waals surface area contributed by atoms with Crippen molar-refractivity contribution in [3.05, 3.63) is 35.4 Å². The third kappa shape index (κ3) is 6.55. The summed E-state index contributed by atoms with van der Waals surface area (Å²) in [5.74, 6) is 1.00. The highest BCUT2D eigenvalue weighted by atomic mass is 127. The number of hydrogen-bond acceptors (Lipinski definition) is 4. The largest absolute Gasteiger partial charge is 0.379 e. The molecule has 1 atom stereocenters. The van der Waals surface area contributed by atoms with Gasteiger partial charge in [0.1, 0.15) is 0 Å². The standard InChI is InChI=1S/C21H33N5O2.HI/c1-4-22-21(26-10-9-19(16-26)25-11-13-28-14-12-25)23-15-17-5-7-18(8-6-17)20(27)24(2)3;/h5-8,19H,4,9-16H2,1-3H3,(H,22,23);1H. The predicted molar refractivity (Wildman–Crippen MR) is 127 cm³/mol. The molecule has 0 radical (unpaired) electrons. The van der Waals surface area contributed by atoms with Crippen LogP contribution in [-0.4, -0.2) is 92.6 Å². The Labute approximate surface area is 191 Å². The topological polar surface area (TPSA) is 60.4 Å². The average Bonchev–Trinajstić information content (AvgIpc) is 3.21. The van der Waals surface area contributed by atoms with Crippen LogP contribution in [0, 0.1) is 0 Å². The number of nitrogens with one attached hydrogen (secondary N) is 1. The summed E-state index contributed by atoms with van der Waals surface area (Å²) in [6.45, 7) is 9.37. The highest BCUT2D eigenvalue weighted by Gasteiger charge is 2.30. The van der Waals surface area contributed by atoms with Crippen molar-refractivity contribution >= 4 is 35.8 Å². The number of ether oxygens (including phenoxy) is 1. The van der Waals surface area contributed by atoms with Crippen molar-refractivity contribution in [3.63, 3.8) is 0 Å². The van der Waals surface area contributed by atoms with Gasteiger partial charge in [0.25, 0.3) is 5.91 Å². The van der Waals surface area contributed by atoms with Gasteiger partial charge >= 0.3 is 0 Å². The number of carbonyl (C=O) groups excluding carboxylic acids is 1. The molecule has 0 aromatic heterocycles. The van der Waals surface area contributed by atoms with Crippen LogP contribution in [0.15, 0.2) is 29.3 Å². The molecule has 2 saturated heterocycles. The minimum Gasteiger partial charge on any atom is -0.379 e. The van der Waals surface area contributed by atoms with E-state index in [0.29, 0.717) is 18.2 Å². The molecule has 2 aliphatic rings. The van der Waals surface area contributed by atoms with Gasteiger partial charge in [-0.2, -0.15) is 0 Å². The van der Waals surface area contributed by atoms with Crippen molar-refractivity contribution in [1.29, 1.82) is 0 Å². The number of aliphatic imine (C=N–C) groups is 1. The Morgan fingerprint density at radius 2 is 1.90 bits per heavy atom. The van der Waals surface area contributed by atoms with E-state index in [4.69, 9.17) is 9.73 Å². The van der Waals surface area contributed by atoms with Gasteiger partial charge in [0.2, 0.25) is 0 Å². The molecule has 1 amide bonds. The summed E-state index contributed by atoms with van der Waals surface area (Å²) >= 11 is 0. The summed E-state index contributed by atoms with van der Waals surface area (Å²) in [6.07, 6.45) is 1.17. The second-order valence-corrected chi connectivity index (χ2v) is 7.60. The lowest BCUT2D eigenvalue weighted by molar-refractivity contribution is 0.0195. The molecule has 1 N–H and O–H groups in total. The van der Waals surface area contributed by atoms with Crippen LogP contribution in [0.3, 0.4) is 0 Å². The van der Waals surface area contributed by atoms with Gasteiger partial charge in [-0.1, -0.05) is 12.1 Å². The Morgan fingerprint density at radius 3 is 2.52 bits per heavy atom. The fourth-order valence-electron chi connectivity index (χ4n) is 3.78. The van der Waals surface area contributed by atoms with Crippen LogP contribution >= 0.6 is 24.0 Å². The number of halogens is 1. The molecular formula is C21H34IN5O2. The maximum atomic E-state index is 12.0. The second-order valence-electron chi connectivity index (χ2n) is 7.60. The van der Waals surface area contributed by atoms with Crippen LogP contribution in [0.5, 0.6) is 0 Å². The highest BCUT2D eigenvalue weighted by molar-refractivity contribution is 14.0. The van der Waals surface area contributed by atoms with E-state index in [9.17, 15) is 4.79 Å². The summed E-state index contributed by atoms with van der Waals surface area (Å²) in [4.78, 5) is 23.4. The van der Waals surface area contributed by atoms with E-state index < -0.39 is 0 Å². The van der Waals surface area contributed by atoms with Gasteiger partial charge in [-0.25, -0.2) is 4.99 Å². The Kier molecular flexibility index (Phi) is 9.64. The van der Waals surface area contributed by atoms with E-state index in [0.717, 1.165) is 57.5 Å². The van der Waals surface area contributed by atoms with Crippen LogP contribution in [0.2, 0.25) is 0 Å². The highest BCUT2D eigenvalue weighted by Crippen LogP contribution is 2.17.